The van der Waals surface area contributed by atoms with Gasteiger partial charge in [-0.3, -0.25) is 15.0 Å². The van der Waals surface area contributed by atoms with Crippen LogP contribution in [0.3, 0.4) is 0 Å². The molecule has 130 valence electrons. The van der Waals surface area contributed by atoms with E-state index in [0.29, 0.717) is 12.4 Å². The Balaban J connectivity index is 1.63. The molecule has 0 fully saturated rings. The van der Waals surface area contributed by atoms with E-state index >= 15 is 0 Å². The molecule has 0 radical (unpaired) electrons. The highest BCUT2D eigenvalue weighted by atomic mass is 32.1. The molecule has 0 aliphatic rings. The standard InChI is InChI=1S/C16H19N7OS/c1-10(2)15-13(25-22-20-15)9-18-16(24)19-14-7-12(21-23(14)3)11-5-4-6-17-8-11/h4-8,10H,9H2,1-3H3,(H2,18,19,24). The normalized spacial score (nSPS) is 10.9. The van der Waals surface area contributed by atoms with Crippen molar-refractivity contribution in [1.82, 2.24) is 29.7 Å². The highest BCUT2D eigenvalue weighted by molar-refractivity contribution is 7.05. The third-order valence-electron chi connectivity index (χ3n) is 3.62. The molecule has 0 aliphatic heterocycles. The van der Waals surface area contributed by atoms with Crippen molar-refractivity contribution in [2.75, 3.05) is 5.32 Å². The number of hydrogen-bond acceptors (Lipinski definition) is 6. The molecule has 8 nitrogen and oxygen atoms in total. The number of hydrogen-bond donors (Lipinski definition) is 2. The number of aromatic nitrogens is 5. The Morgan fingerprint density at radius 3 is 2.96 bits per heavy atom. The number of rotatable bonds is 5. The van der Waals surface area contributed by atoms with Crippen LogP contribution in [0.5, 0.6) is 0 Å². The monoisotopic (exact) mass is 357 g/mol. The van der Waals surface area contributed by atoms with Gasteiger partial charge in [0.1, 0.15) is 5.82 Å². The second-order valence-electron chi connectivity index (χ2n) is 5.82. The van der Waals surface area contributed by atoms with Crippen LogP contribution in [-0.2, 0) is 13.6 Å². The van der Waals surface area contributed by atoms with Crippen molar-refractivity contribution >= 4 is 23.4 Å². The Morgan fingerprint density at radius 1 is 1.40 bits per heavy atom. The molecule has 0 spiro atoms. The van der Waals surface area contributed by atoms with E-state index in [1.807, 2.05) is 18.2 Å². The molecule has 0 saturated heterocycles. The molecule has 3 aromatic rings. The van der Waals surface area contributed by atoms with Crippen molar-refractivity contribution in [3.05, 3.63) is 41.2 Å². The summed E-state index contributed by atoms with van der Waals surface area (Å²) in [4.78, 5) is 17.2. The maximum absolute atomic E-state index is 12.2. The zero-order valence-electron chi connectivity index (χ0n) is 14.2. The summed E-state index contributed by atoms with van der Waals surface area (Å²) in [5.74, 6) is 0.876. The summed E-state index contributed by atoms with van der Waals surface area (Å²) in [5.41, 5.74) is 2.56. The summed E-state index contributed by atoms with van der Waals surface area (Å²) in [5, 5.41) is 14.1. The van der Waals surface area contributed by atoms with Crippen LogP contribution in [0, 0.1) is 0 Å². The molecule has 2 amide bonds. The molecular formula is C16H19N7OS. The van der Waals surface area contributed by atoms with Crippen molar-refractivity contribution in [1.29, 1.82) is 0 Å². The lowest BCUT2D eigenvalue weighted by Crippen LogP contribution is -2.29. The fourth-order valence-electron chi connectivity index (χ4n) is 2.34. The molecule has 0 unspecified atom stereocenters. The summed E-state index contributed by atoms with van der Waals surface area (Å²) in [6.45, 7) is 4.50. The summed E-state index contributed by atoms with van der Waals surface area (Å²) in [6.07, 6.45) is 3.44. The average Bonchev–Trinajstić information content (AvgIpc) is 3.21. The van der Waals surface area contributed by atoms with Crippen LogP contribution in [0.25, 0.3) is 11.3 Å². The van der Waals surface area contributed by atoms with Crippen LogP contribution in [0.1, 0.15) is 30.3 Å². The van der Waals surface area contributed by atoms with Gasteiger partial charge in [-0.05, 0) is 29.6 Å². The Bertz CT molecular complexity index is 857. The Labute approximate surface area is 149 Å². The van der Waals surface area contributed by atoms with E-state index in [-0.39, 0.29) is 11.9 Å². The predicted octanol–water partition coefficient (Wildman–Crippen LogP) is 2.78. The van der Waals surface area contributed by atoms with Crippen LogP contribution in [0.15, 0.2) is 30.6 Å². The number of carbonyl (C=O) groups excluding carboxylic acids is 1. The summed E-state index contributed by atoms with van der Waals surface area (Å²) < 4.78 is 5.58. The van der Waals surface area contributed by atoms with E-state index in [4.69, 9.17) is 0 Å². The lowest BCUT2D eigenvalue weighted by molar-refractivity contribution is 0.251. The van der Waals surface area contributed by atoms with Gasteiger partial charge < -0.3 is 5.32 Å². The summed E-state index contributed by atoms with van der Waals surface area (Å²) in [6, 6.07) is 5.27. The molecule has 3 heterocycles. The van der Waals surface area contributed by atoms with Gasteiger partial charge in [0, 0.05) is 31.1 Å². The van der Waals surface area contributed by atoms with Gasteiger partial charge >= 0.3 is 6.03 Å². The van der Waals surface area contributed by atoms with Gasteiger partial charge in [0.05, 0.1) is 22.8 Å². The number of urea groups is 1. The van der Waals surface area contributed by atoms with Crippen LogP contribution >= 0.6 is 11.5 Å². The largest absolute Gasteiger partial charge is 0.333 e. The number of aryl methyl sites for hydroxylation is 1. The fourth-order valence-corrected chi connectivity index (χ4v) is 3.07. The van der Waals surface area contributed by atoms with E-state index < -0.39 is 0 Å². The van der Waals surface area contributed by atoms with Crippen molar-refractivity contribution in [3.8, 4) is 11.3 Å². The first-order valence-corrected chi connectivity index (χ1v) is 8.62. The van der Waals surface area contributed by atoms with Crippen LogP contribution < -0.4 is 10.6 Å². The van der Waals surface area contributed by atoms with Crippen molar-refractivity contribution in [2.45, 2.75) is 26.3 Å². The third kappa shape index (κ3) is 4.00. The van der Waals surface area contributed by atoms with Gasteiger partial charge in [0.15, 0.2) is 0 Å². The second-order valence-corrected chi connectivity index (χ2v) is 6.66. The van der Waals surface area contributed by atoms with E-state index in [1.54, 1.807) is 24.1 Å². The van der Waals surface area contributed by atoms with Crippen LogP contribution in [-0.4, -0.2) is 30.4 Å². The average molecular weight is 357 g/mol. The molecule has 3 rings (SSSR count). The zero-order chi connectivity index (χ0) is 17.8. The molecule has 0 atom stereocenters. The first-order chi connectivity index (χ1) is 12.0. The molecule has 2 N–H and O–H groups in total. The molecule has 0 aliphatic carbocycles. The molecule has 0 bridgehead atoms. The Kier molecular flexibility index (Phi) is 5.03. The summed E-state index contributed by atoms with van der Waals surface area (Å²) >= 11 is 1.30. The van der Waals surface area contributed by atoms with Gasteiger partial charge in [-0.15, -0.1) is 5.10 Å². The van der Waals surface area contributed by atoms with Gasteiger partial charge in [-0.2, -0.15) is 5.10 Å². The van der Waals surface area contributed by atoms with Crippen LogP contribution in [0.4, 0.5) is 10.6 Å². The minimum absolute atomic E-state index is 0.276. The fraction of sp³-hybridized carbons (Fsp3) is 0.312. The second kappa shape index (κ2) is 7.39. The van der Waals surface area contributed by atoms with Gasteiger partial charge in [-0.25, -0.2) is 4.79 Å². The first-order valence-electron chi connectivity index (χ1n) is 7.85. The highest BCUT2D eigenvalue weighted by Gasteiger charge is 2.14. The number of nitrogens with zero attached hydrogens (tertiary/aromatic N) is 5. The van der Waals surface area contributed by atoms with Gasteiger partial charge in [-0.1, -0.05) is 18.3 Å². The molecule has 3 aromatic heterocycles. The SMILES string of the molecule is CC(C)c1nnsc1CNC(=O)Nc1cc(-c2cccnc2)nn1C. The zero-order valence-corrected chi connectivity index (χ0v) is 15.0. The predicted molar refractivity (Wildman–Crippen MR) is 96.3 cm³/mol. The first kappa shape index (κ1) is 17.0. The number of nitrogens with one attached hydrogen (secondary N) is 2. The maximum atomic E-state index is 12.2. The molecule has 0 aromatic carbocycles. The van der Waals surface area contributed by atoms with Gasteiger partial charge in [0.25, 0.3) is 0 Å². The molecule has 9 heteroatoms. The summed E-state index contributed by atoms with van der Waals surface area (Å²) in [7, 11) is 1.78. The topological polar surface area (TPSA) is 97.6 Å². The number of amides is 2. The van der Waals surface area contributed by atoms with Crippen molar-refractivity contribution in [2.24, 2.45) is 7.05 Å². The van der Waals surface area contributed by atoms with E-state index in [9.17, 15) is 4.79 Å². The quantitative estimate of drug-likeness (QED) is 0.732. The van der Waals surface area contributed by atoms with Gasteiger partial charge in [0.2, 0.25) is 0 Å². The number of carbonyl (C=O) groups is 1. The van der Waals surface area contributed by atoms with E-state index in [1.165, 1.54) is 11.5 Å². The maximum Gasteiger partial charge on any atom is 0.320 e. The van der Waals surface area contributed by atoms with E-state index in [2.05, 4.69) is 44.2 Å². The Morgan fingerprint density at radius 2 is 2.24 bits per heavy atom. The molecular weight excluding hydrogens is 338 g/mol. The minimum atomic E-state index is -0.302. The van der Waals surface area contributed by atoms with Crippen molar-refractivity contribution in [3.63, 3.8) is 0 Å². The lowest BCUT2D eigenvalue weighted by atomic mass is 10.1. The molecule has 25 heavy (non-hydrogen) atoms. The van der Waals surface area contributed by atoms with E-state index in [0.717, 1.165) is 21.8 Å². The lowest BCUT2D eigenvalue weighted by Gasteiger charge is -2.08. The minimum Gasteiger partial charge on any atom is -0.333 e. The number of pyridine rings is 1. The van der Waals surface area contributed by atoms with Crippen LogP contribution in [0.2, 0.25) is 0 Å². The Hall–Kier alpha value is -2.81. The smallest absolute Gasteiger partial charge is 0.320 e. The third-order valence-corrected chi connectivity index (χ3v) is 4.36. The molecule has 0 saturated carbocycles. The highest BCUT2D eigenvalue weighted by Crippen LogP contribution is 2.21. The van der Waals surface area contributed by atoms with Crippen molar-refractivity contribution < 1.29 is 4.79 Å². The number of anilines is 1.